The van der Waals surface area contributed by atoms with Gasteiger partial charge in [0.2, 0.25) is 16.3 Å². The molecule has 1 rings (SSSR count). The van der Waals surface area contributed by atoms with Crippen molar-refractivity contribution in [1.29, 1.82) is 0 Å². The van der Waals surface area contributed by atoms with Gasteiger partial charge in [-0.1, -0.05) is 227 Å². The van der Waals surface area contributed by atoms with Crippen LogP contribution < -0.4 is 0 Å². The maximum atomic E-state index is 12.9. The van der Waals surface area contributed by atoms with Gasteiger partial charge in [0.05, 0.1) is 0 Å². The summed E-state index contributed by atoms with van der Waals surface area (Å²) < 4.78 is -21.0. The van der Waals surface area contributed by atoms with Gasteiger partial charge < -0.3 is 0 Å². The lowest BCUT2D eigenvalue weighted by Gasteiger charge is -2.46. The number of benzene rings is 1. The van der Waals surface area contributed by atoms with Gasteiger partial charge in [-0.05, 0) is 23.6 Å². The molecule has 1 nitrogen and oxygen atoms in total. The first-order chi connectivity index (χ1) is 15.0. The Morgan fingerprint density at radius 3 is 0.971 bits per heavy atom. The average Bonchev–Trinajstić information content (AvgIpc) is 2.64. The van der Waals surface area contributed by atoms with Crippen molar-refractivity contribution in [1.82, 2.24) is 0 Å². The molecule has 19 heteroatoms. The Morgan fingerprint density at radius 1 is 0.514 bits per heavy atom. The molecular weight excluding hydrogens is 846 g/mol. The van der Waals surface area contributed by atoms with Crippen LogP contribution in [0.3, 0.4) is 0 Å². The lowest BCUT2D eigenvalue weighted by molar-refractivity contribution is 0.104. The van der Waals surface area contributed by atoms with Gasteiger partial charge >= 0.3 is 0 Å². The Balaban J connectivity index is 4.04. The van der Waals surface area contributed by atoms with Gasteiger partial charge in [0.25, 0.3) is 0 Å². The number of rotatable bonds is 7. The Hall–Kier alpha value is 4.40. The van der Waals surface area contributed by atoms with Crippen molar-refractivity contribution < 1.29 is 5.11 Å². The lowest BCUT2D eigenvalue weighted by atomic mass is 9.89. The molecule has 0 bridgehead atoms. The maximum absolute atomic E-state index is 12.9. The standard InChI is InChI=1S/C16H7Cl18O/c1-5(35)8-6(9(17,18)11(21,22)13(25,26)15(29,30)31)3-2-4-7(8)10(19,20)12(23,24)14(27,28)16(32,33)34/h2-5H,1H3. The normalized spacial score (nSPS) is 16.5. The second-order valence-corrected chi connectivity index (χ2v) is 19.4. The molecule has 0 saturated heterocycles. The van der Waals surface area contributed by atoms with Crippen LogP contribution in [0.2, 0.25) is 0 Å². The highest BCUT2D eigenvalue weighted by atomic mass is 35.6. The first-order valence-electron chi connectivity index (χ1n) is 8.25. The zero-order valence-electron chi connectivity index (χ0n) is 16.0. The molecule has 0 fully saturated rings. The monoisotopic (exact) mass is 844 g/mol. The summed E-state index contributed by atoms with van der Waals surface area (Å²) in [5.41, 5.74) is -1.01. The van der Waals surface area contributed by atoms with Gasteiger partial charge in [-0.2, -0.15) is 0 Å². The summed E-state index contributed by atoms with van der Waals surface area (Å²) in [6.07, 6.45) is -1.73. The molecule has 0 amide bonds. The van der Waals surface area contributed by atoms with E-state index in [1.165, 1.54) is 18.2 Å². The summed E-state index contributed by atoms with van der Waals surface area (Å²) in [7, 11) is 0. The Bertz CT molecular complexity index is 855. The third-order valence-corrected chi connectivity index (χ3v) is 15.4. The van der Waals surface area contributed by atoms with E-state index in [1.807, 2.05) is 0 Å². The molecule has 1 radical (unpaired) electrons. The fourth-order valence-corrected chi connectivity index (χ4v) is 7.22. The number of halogens is 18. The first kappa shape index (κ1) is 37.4. The highest BCUT2D eigenvalue weighted by Gasteiger charge is 2.71. The first-order valence-corrected chi connectivity index (χ1v) is 15.1. The molecule has 0 aliphatic heterocycles. The van der Waals surface area contributed by atoms with E-state index in [4.69, 9.17) is 209 Å². The zero-order chi connectivity index (χ0) is 28.4. The van der Waals surface area contributed by atoms with Crippen LogP contribution in [-0.4, -0.2) is 24.9 Å². The lowest BCUT2D eigenvalue weighted by Crippen LogP contribution is -2.56. The van der Waals surface area contributed by atoms with Gasteiger partial charge in [0, 0.05) is 0 Å². The molecule has 203 valence electrons. The van der Waals surface area contributed by atoms with Gasteiger partial charge in [0.15, 0.2) is 17.3 Å². The van der Waals surface area contributed by atoms with Crippen molar-refractivity contribution in [3.8, 4) is 0 Å². The predicted molar refractivity (Wildman–Crippen MR) is 161 cm³/mol. The largest absolute Gasteiger partial charge is 0.228 e. The van der Waals surface area contributed by atoms with Crippen LogP contribution in [-0.2, 0) is 13.8 Å². The van der Waals surface area contributed by atoms with E-state index in [0.29, 0.717) is 0 Å². The molecule has 0 heterocycles. The van der Waals surface area contributed by atoms with Gasteiger partial charge in [-0.3, -0.25) is 0 Å². The van der Waals surface area contributed by atoms with Crippen molar-refractivity contribution in [2.24, 2.45) is 0 Å². The summed E-state index contributed by atoms with van der Waals surface area (Å²) >= 11 is 111. The van der Waals surface area contributed by atoms with Crippen molar-refractivity contribution >= 4 is 209 Å². The SMILES string of the molecule is CC([O])c1c(C(Cl)(Cl)C(Cl)(Cl)C(Cl)(Cl)C(Cl)(Cl)Cl)cccc1C(Cl)(Cl)C(Cl)(Cl)C(Cl)(Cl)C(Cl)(Cl)Cl. The minimum absolute atomic E-state index is 0.329. The van der Waals surface area contributed by atoms with E-state index in [-0.39, 0.29) is 16.7 Å². The molecular formula is C16H7Cl18O. The number of hydrogen-bond acceptors (Lipinski definition) is 0. The molecule has 1 atom stereocenters. The van der Waals surface area contributed by atoms with Crippen molar-refractivity contribution in [3.05, 3.63) is 34.9 Å². The van der Waals surface area contributed by atoms with Crippen LogP contribution in [0.15, 0.2) is 18.2 Å². The molecule has 0 spiro atoms. The molecule has 0 aliphatic rings. The quantitative estimate of drug-likeness (QED) is 0.244. The van der Waals surface area contributed by atoms with Crippen molar-refractivity contribution in [2.75, 3.05) is 0 Å². The fraction of sp³-hybridized carbons (Fsp3) is 0.625. The Kier molecular flexibility index (Phi) is 12.6. The molecule has 0 N–H and O–H groups in total. The van der Waals surface area contributed by atoms with Crippen LogP contribution >= 0.6 is 209 Å². The van der Waals surface area contributed by atoms with Crippen LogP contribution in [0.25, 0.3) is 0 Å². The van der Waals surface area contributed by atoms with E-state index in [2.05, 4.69) is 0 Å². The average molecular weight is 853 g/mol. The number of alkyl halides is 18. The van der Waals surface area contributed by atoms with Crippen LogP contribution in [0, 0.1) is 0 Å². The number of hydrogen-bond donors (Lipinski definition) is 0. The zero-order valence-corrected chi connectivity index (χ0v) is 29.6. The van der Waals surface area contributed by atoms with Crippen molar-refractivity contribution in [3.63, 3.8) is 0 Å². The summed E-state index contributed by atoms with van der Waals surface area (Å²) in [6, 6.07) is 3.70. The highest BCUT2D eigenvalue weighted by Crippen LogP contribution is 2.68. The molecule has 35 heavy (non-hydrogen) atoms. The van der Waals surface area contributed by atoms with E-state index in [0.717, 1.165) is 6.92 Å². The van der Waals surface area contributed by atoms with Crippen molar-refractivity contribution in [2.45, 2.75) is 46.6 Å². The second kappa shape index (κ2) is 11.8. The van der Waals surface area contributed by atoms with Gasteiger partial charge in [-0.15, -0.1) is 0 Å². The molecule has 0 aromatic heterocycles. The van der Waals surface area contributed by atoms with Crippen LogP contribution in [0.1, 0.15) is 29.7 Å². The van der Waals surface area contributed by atoms with Crippen LogP contribution in [0.5, 0.6) is 0 Å². The summed E-state index contributed by atoms with van der Waals surface area (Å²) in [5, 5.41) is 12.9. The third kappa shape index (κ3) is 6.51. The summed E-state index contributed by atoms with van der Waals surface area (Å²) in [6.45, 7) is 1.15. The predicted octanol–water partition coefficient (Wildman–Crippen LogP) is 12.9. The second-order valence-electron chi connectivity index (χ2n) is 6.85. The van der Waals surface area contributed by atoms with E-state index in [9.17, 15) is 5.11 Å². The fourth-order valence-electron chi connectivity index (χ4n) is 2.64. The Morgan fingerprint density at radius 2 is 0.771 bits per heavy atom. The topological polar surface area (TPSA) is 19.9 Å². The summed E-state index contributed by atoms with van der Waals surface area (Å²) in [4.78, 5) is 0. The van der Waals surface area contributed by atoms with Gasteiger partial charge in [0.1, 0.15) is 6.10 Å². The molecule has 1 aromatic carbocycles. The van der Waals surface area contributed by atoms with E-state index < -0.39 is 39.7 Å². The van der Waals surface area contributed by atoms with E-state index in [1.54, 1.807) is 0 Å². The minimum atomic E-state index is -2.72. The highest BCUT2D eigenvalue weighted by molar-refractivity contribution is 6.81. The molecule has 0 saturated carbocycles. The third-order valence-electron chi connectivity index (χ3n) is 4.48. The molecule has 1 aromatic rings. The Labute approximate surface area is 291 Å². The molecule has 1 unspecified atom stereocenters. The maximum Gasteiger partial charge on any atom is 0.226 e. The smallest absolute Gasteiger partial charge is 0.226 e. The van der Waals surface area contributed by atoms with E-state index >= 15 is 0 Å². The molecule has 0 aliphatic carbocycles. The van der Waals surface area contributed by atoms with Crippen LogP contribution in [0.4, 0.5) is 0 Å². The summed E-state index contributed by atoms with van der Waals surface area (Å²) in [5.74, 6) is 0. The van der Waals surface area contributed by atoms with Gasteiger partial charge in [-0.25, -0.2) is 5.11 Å². The minimum Gasteiger partial charge on any atom is -0.228 e.